The van der Waals surface area contributed by atoms with Crippen LogP contribution < -0.4 is 5.73 Å². The molecule has 3 saturated heterocycles. The van der Waals surface area contributed by atoms with Crippen LogP contribution in [0.5, 0.6) is 0 Å². The van der Waals surface area contributed by atoms with E-state index in [4.69, 9.17) is 16.7 Å². The summed E-state index contributed by atoms with van der Waals surface area (Å²) in [5, 5.41) is 4.06. The highest BCUT2D eigenvalue weighted by molar-refractivity contribution is 5.04. The zero-order valence-electron chi connectivity index (χ0n) is 10.2. The van der Waals surface area contributed by atoms with Crippen LogP contribution in [0.1, 0.15) is 30.2 Å². The molecule has 96 valence electrons. The first kappa shape index (κ1) is 11.7. The van der Waals surface area contributed by atoms with Crippen molar-refractivity contribution in [3.05, 3.63) is 11.7 Å². The van der Waals surface area contributed by atoms with Gasteiger partial charge in [0.25, 0.3) is 0 Å². The molecule has 3 fully saturated rings. The number of fused-ring (bicyclic) bond motifs is 3. The minimum Gasteiger partial charge on any atom is -0.338 e. The first-order chi connectivity index (χ1) is 8.78. The van der Waals surface area contributed by atoms with Crippen LogP contribution in [0.3, 0.4) is 0 Å². The average molecular weight is 247 g/mol. The van der Waals surface area contributed by atoms with Crippen molar-refractivity contribution in [2.75, 3.05) is 32.7 Å². The van der Waals surface area contributed by atoms with E-state index >= 15 is 0 Å². The van der Waals surface area contributed by atoms with Gasteiger partial charge >= 0.3 is 0 Å². The number of hydrogen-bond donors (Lipinski definition) is 1. The molecule has 4 rings (SSSR count). The minimum atomic E-state index is -0.354. The molecule has 4 heterocycles. The number of aromatic nitrogens is 2. The second kappa shape index (κ2) is 4.69. The Labute approximate surface area is 106 Å². The van der Waals surface area contributed by atoms with Crippen molar-refractivity contribution in [3.8, 4) is 12.3 Å². The van der Waals surface area contributed by atoms with Crippen LogP contribution in [-0.2, 0) is 0 Å². The highest BCUT2D eigenvalue weighted by atomic mass is 16.5. The summed E-state index contributed by atoms with van der Waals surface area (Å²) in [6, 6.07) is -0.115. The fourth-order valence-electron chi connectivity index (χ4n) is 2.61. The summed E-state index contributed by atoms with van der Waals surface area (Å²) in [6.07, 6.45) is 5.65. The number of nitrogens with two attached hydrogens (primary N) is 1. The highest BCUT2D eigenvalue weighted by Crippen LogP contribution is 2.27. The van der Waals surface area contributed by atoms with Crippen LogP contribution >= 0.6 is 0 Å². The summed E-state index contributed by atoms with van der Waals surface area (Å²) in [6.45, 7) is 5.40. The van der Waals surface area contributed by atoms with Crippen LogP contribution in [0.2, 0.25) is 0 Å². The Morgan fingerprint density at radius 1 is 1.44 bits per heavy atom. The molecule has 18 heavy (non-hydrogen) atoms. The summed E-state index contributed by atoms with van der Waals surface area (Å²) in [5.41, 5.74) is 5.86. The van der Waals surface area contributed by atoms with Gasteiger partial charge < -0.3 is 10.3 Å². The van der Waals surface area contributed by atoms with Gasteiger partial charge in [-0.2, -0.15) is 4.98 Å². The molecule has 0 spiro atoms. The number of nitrogens with zero attached hydrogens (tertiary/aromatic N) is 4. The third-order valence-corrected chi connectivity index (χ3v) is 3.69. The molecular formula is C12H17N5O. The normalized spacial score (nSPS) is 32.1. The van der Waals surface area contributed by atoms with Gasteiger partial charge in [-0.15, -0.1) is 12.3 Å². The Balaban J connectivity index is 1.75. The van der Waals surface area contributed by atoms with Crippen molar-refractivity contribution in [2.45, 2.75) is 18.5 Å². The topological polar surface area (TPSA) is 71.4 Å². The summed E-state index contributed by atoms with van der Waals surface area (Å²) < 4.78 is 5.21. The lowest BCUT2D eigenvalue weighted by molar-refractivity contribution is 0.00781. The zero-order valence-corrected chi connectivity index (χ0v) is 10.2. The third-order valence-electron chi connectivity index (χ3n) is 3.69. The summed E-state index contributed by atoms with van der Waals surface area (Å²) in [5.74, 6) is 3.69. The van der Waals surface area contributed by atoms with Gasteiger partial charge in [0.1, 0.15) is 0 Å². The second-order valence-electron chi connectivity index (χ2n) is 4.86. The first-order valence-corrected chi connectivity index (χ1v) is 6.27. The standard InChI is InChI=1S/C12H17N5O/c1-2-3-9(13)12-14-11(15-18-12)10-8-16-4-6-17(10)7-5-16/h1,9-10H,3-8,13H2. The van der Waals surface area contributed by atoms with Crippen LogP contribution in [0, 0.1) is 12.3 Å². The van der Waals surface area contributed by atoms with Gasteiger partial charge in [-0.3, -0.25) is 9.80 Å². The Morgan fingerprint density at radius 2 is 2.22 bits per heavy atom. The largest absolute Gasteiger partial charge is 0.338 e. The molecule has 2 atom stereocenters. The maximum absolute atomic E-state index is 5.86. The smallest absolute Gasteiger partial charge is 0.244 e. The Bertz CT molecular complexity index is 457. The van der Waals surface area contributed by atoms with Crippen molar-refractivity contribution < 1.29 is 4.52 Å². The van der Waals surface area contributed by atoms with Crippen molar-refractivity contribution >= 4 is 0 Å². The minimum absolute atomic E-state index is 0.239. The van der Waals surface area contributed by atoms with Gasteiger partial charge in [-0.25, -0.2) is 0 Å². The van der Waals surface area contributed by atoms with Gasteiger partial charge in [-0.1, -0.05) is 5.16 Å². The molecule has 0 aliphatic carbocycles. The van der Waals surface area contributed by atoms with E-state index in [1.165, 1.54) is 0 Å². The summed E-state index contributed by atoms with van der Waals surface area (Å²) in [7, 11) is 0. The SMILES string of the molecule is C#CCC(N)c1nc(C2CN3CCN2CC3)no1. The average Bonchev–Trinajstić information content (AvgIpc) is 2.90. The molecule has 6 heteroatoms. The fourth-order valence-corrected chi connectivity index (χ4v) is 2.61. The summed E-state index contributed by atoms with van der Waals surface area (Å²) in [4.78, 5) is 9.24. The quantitative estimate of drug-likeness (QED) is 0.744. The summed E-state index contributed by atoms with van der Waals surface area (Å²) >= 11 is 0. The van der Waals surface area contributed by atoms with E-state index < -0.39 is 0 Å². The molecule has 0 aromatic carbocycles. The van der Waals surface area contributed by atoms with E-state index in [9.17, 15) is 0 Å². The fraction of sp³-hybridized carbons (Fsp3) is 0.667. The predicted molar refractivity (Wildman–Crippen MR) is 65.4 cm³/mol. The van der Waals surface area contributed by atoms with Gasteiger partial charge in [0.15, 0.2) is 5.82 Å². The van der Waals surface area contributed by atoms with Crippen LogP contribution in [-0.4, -0.2) is 52.7 Å². The molecule has 3 aliphatic rings. The third kappa shape index (κ3) is 2.01. The van der Waals surface area contributed by atoms with E-state index in [0.29, 0.717) is 12.3 Å². The molecule has 0 amide bonds. The van der Waals surface area contributed by atoms with Crippen molar-refractivity contribution in [1.29, 1.82) is 0 Å². The van der Waals surface area contributed by atoms with Crippen LogP contribution in [0.25, 0.3) is 0 Å². The molecule has 3 aliphatic heterocycles. The zero-order chi connectivity index (χ0) is 12.5. The molecule has 6 nitrogen and oxygen atoms in total. The molecular weight excluding hydrogens is 230 g/mol. The van der Waals surface area contributed by atoms with E-state index in [2.05, 4.69) is 25.9 Å². The van der Waals surface area contributed by atoms with E-state index in [-0.39, 0.29) is 12.1 Å². The lowest BCUT2D eigenvalue weighted by Crippen LogP contribution is -2.57. The Hall–Kier alpha value is -1.42. The van der Waals surface area contributed by atoms with Crippen LogP contribution in [0.4, 0.5) is 0 Å². The predicted octanol–water partition coefficient (Wildman–Crippen LogP) is -0.235. The maximum atomic E-state index is 5.86. The lowest BCUT2D eigenvalue weighted by Gasteiger charge is -2.46. The van der Waals surface area contributed by atoms with E-state index in [1.807, 2.05) is 0 Å². The molecule has 1 aromatic rings. The van der Waals surface area contributed by atoms with E-state index in [0.717, 1.165) is 38.5 Å². The maximum Gasteiger partial charge on any atom is 0.244 e. The molecule has 1 aromatic heterocycles. The first-order valence-electron chi connectivity index (χ1n) is 6.27. The Morgan fingerprint density at radius 3 is 2.83 bits per heavy atom. The van der Waals surface area contributed by atoms with Gasteiger partial charge in [0.2, 0.25) is 5.89 Å². The molecule has 0 radical (unpaired) electrons. The highest BCUT2D eigenvalue weighted by Gasteiger charge is 2.35. The van der Waals surface area contributed by atoms with Crippen LogP contribution in [0.15, 0.2) is 4.52 Å². The van der Waals surface area contributed by atoms with Gasteiger partial charge in [0.05, 0.1) is 12.1 Å². The van der Waals surface area contributed by atoms with Gasteiger partial charge in [-0.05, 0) is 0 Å². The van der Waals surface area contributed by atoms with Gasteiger partial charge in [0, 0.05) is 39.1 Å². The lowest BCUT2D eigenvalue weighted by atomic mass is 10.1. The second-order valence-corrected chi connectivity index (χ2v) is 4.86. The number of rotatable bonds is 3. The van der Waals surface area contributed by atoms with Crippen molar-refractivity contribution in [2.24, 2.45) is 5.73 Å². The number of hydrogen-bond acceptors (Lipinski definition) is 6. The Kier molecular flexibility index (Phi) is 3.04. The molecule has 0 saturated carbocycles. The number of terminal acetylenes is 1. The number of piperazine rings is 3. The molecule has 2 unspecified atom stereocenters. The van der Waals surface area contributed by atoms with E-state index in [1.54, 1.807) is 0 Å². The monoisotopic (exact) mass is 247 g/mol. The molecule has 2 bridgehead atoms. The molecule has 2 N–H and O–H groups in total. The van der Waals surface area contributed by atoms with Crippen molar-refractivity contribution in [3.63, 3.8) is 0 Å². The van der Waals surface area contributed by atoms with Crippen molar-refractivity contribution in [1.82, 2.24) is 19.9 Å².